The maximum atomic E-state index is 6.42. The molecule has 1 aromatic heterocycles. The lowest BCUT2D eigenvalue weighted by Crippen LogP contribution is -1.84. The van der Waals surface area contributed by atoms with E-state index in [2.05, 4.69) is 146 Å². The van der Waals surface area contributed by atoms with E-state index in [0.29, 0.717) is 0 Å². The molecule has 1 aliphatic carbocycles. The van der Waals surface area contributed by atoms with Gasteiger partial charge < -0.3 is 4.42 Å². The van der Waals surface area contributed by atoms with E-state index in [1.807, 2.05) is 0 Å². The molecule has 1 heterocycles. The van der Waals surface area contributed by atoms with Gasteiger partial charge in [0.25, 0.3) is 0 Å². The summed E-state index contributed by atoms with van der Waals surface area (Å²) in [6.07, 6.45) is 0. The van der Waals surface area contributed by atoms with E-state index < -0.39 is 0 Å². The first-order valence-corrected chi connectivity index (χ1v) is 14.8. The summed E-state index contributed by atoms with van der Waals surface area (Å²) in [6.45, 7) is 0. The molecule has 0 amide bonds. The van der Waals surface area contributed by atoms with Gasteiger partial charge in [-0.05, 0) is 107 Å². The third-order valence-electron chi connectivity index (χ3n) is 9.39. The van der Waals surface area contributed by atoms with E-state index in [1.54, 1.807) is 0 Å². The van der Waals surface area contributed by atoms with Crippen LogP contribution in [0.25, 0.3) is 98.8 Å². The van der Waals surface area contributed by atoms with E-state index in [-0.39, 0.29) is 0 Å². The lowest BCUT2D eigenvalue weighted by Gasteiger charge is -2.09. The summed E-state index contributed by atoms with van der Waals surface area (Å²) < 4.78 is 6.42. The summed E-state index contributed by atoms with van der Waals surface area (Å²) in [7, 11) is 0. The number of rotatable bonds is 2. The second-order valence-electron chi connectivity index (χ2n) is 11.7. The summed E-state index contributed by atoms with van der Waals surface area (Å²) in [5.74, 6) is 0. The number of fused-ring (bicyclic) bond motifs is 9. The molecule has 0 saturated carbocycles. The highest BCUT2D eigenvalue weighted by atomic mass is 16.3. The summed E-state index contributed by atoms with van der Waals surface area (Å²) in [4.78, 5) is 0. The highest BCUT2D eigenvalue weighted by Gasteiger charge is 2.22. The van der Waals surface area contributed by atoms with Crippen molar-refractivity contribution in [3.8, 4) is 44.5 Å². The fourth-order valence-electron chi connectivity index (χ4n) is 7.39. The van der Waals surface area contributed by atoms with Gasteiger partial charge in [-0.15, -0.1) is 0 Å². The number of hydrogen-bond donors (Lipinski definition) is 0. The Balaban J connectivity index is 1.17. The van der Waals surface area contributed by atoms with Crippen molar-refractivity contribution in [1.29, 1.82) is 0 Å². The van der Waals surface area contributed by atoms with E-state index in [4.69, 9.17) is 4.42 Å². The molecule has 10 rings (SSSR count). The molecule has 0 radical (unpaired) electrons. The summed E-state index contributed by atoms with van der Waals surface area (Å²) in [5, 5.41) is 10.1. The topological polar surface area (TPSA) is 13.1 Å². The Labute approximate surface area is 248 Å². The first kappa shape index (κ1) is 23.0. The molecule has 0 atom stereocenters. The molecule has 0 aliphatic heterocycles. The quantitative estimate of drug-likeness (QED) is 0.197. The molecular weight excluding hydrogens is 520 g/mol. The average molecular weight is 545 g/mol. The first-order chi connectivity index (χ1) is 21.3. The van der Waals surface area contributed by atoms with Crippen LogP contribution in [0.5, 0.6) is 0 Å². The molecule has 0 spiro atoms. The molecule has 1 heteroatoms. The Hall–Kier alpha value is -5.66. The molecule has 0 unspecified atom stereocenters. The molecule has 0 N–H and O–H groups in total. The Morgan fingerprint density at radius 2 is 0.953 bits per heavy atom. The van der Waals surface area contributed by atoms with Crippen molar-refractivity contribution in [2.24, 2.45) is 0 Å². The van der Waals surface area contributed by atoms with E-state index in [9.17, 15) is 0 Å². The highest BCUT2D eigenvalue weighted by molar-refractivity contribution is 6.17. The summed E-state index contributed by atoms with van der Waals surface area (Å²) in [5.41, 5.74) is 11.9. The van der Waals surface area contributed by atoms with Gasteiger partial charge in [0.2, 0.25) is 0 Å². The van der Waals surface area contributed by atoms with Gasteiger partial charge in [-0.25, -0.2) is 0 Å². The van der Waals surface area contributed by atoms with Crippen LogP contribution < -0.4 is 0 Å². The average Bonchev–Trinajstić information content (AvgIpc) is 3.61. The third kappa shape index (κ3) is 3.22. The smallest absolute Gasteiger partial charge is 0.136 e. The van der Waals surface area contributed by atoms with Gasteiger partial charge in [0, 0.05) is 10.8 Å². The molecule has 43 heavy (non-hydrogen) atoms. The van der Waals surface area contributed by atoms with E-state index in [1.165, 1.54) is 82.2 Å². The largest absolute Gasteiger partial charge is 0.456 e. The van der Waals surface area contributed by atoms with Crippen LogP contribution in [0.3, 0.4) is 0 Å². The molecule has 8 aromatic carbocycles. The lowest BCUT2D eigenvalue weighted by atomic mass is 9.93. The second-order valence-corrected chi connectivity index (χ2v) is 11.7. The lowest BCUT2D eigenvalue weighted by molar-refractivity contribution is 0.669. The zero-order valence-electron chi connectivity index (χ0n) is 23.3. The predicted molar refractivity (Wildman–Crippen MR) is 182 cm³/mol. The second kappa shape index (κ2) is 8.44. The zero-order chi connectivity index (χ0) is 28.1. The number of benzene rings is 8. The third-order valence-corrected chi connectivity index (χ3v) is 9.39. The van der Waals surface area contributed by atoms with Crippen molar-refractivity contribution >= 4 is 54.3 Å². The summed E-state index contributed by atoms with van der Waals surface area (Å²) in [6, 6.07) is 53.1. The summed E-state index contributed by atoms with van der Waals surface area (Å²) >= 11 is 0. The van der Waals surface area contributed by atoms with Gasteiger partial charge >= 0.3 is 0 Å². The fourth-order valence-corrected chi connectivity index (χ4v) is 7.39. The highest BCUT2D eigenvalue weighted by Crippen LogP contribution is 2.49. The Kier molecular flexibility index (Phi) is 4.51. The minimum absolute atomic E-state index is 0.913. The monoisotopic (exact) mass is 544 g/mol. The maximum absolute atomic E-state index is 6.42. The zero-order valence-corrected chi connectivity index (χ0v) is 23.3. The fraction of sp³-hybridized carbons (Fsp3) is 0. The molecule has 0 saturated heterocycles. The van der Waals surface area contributed by atoms with Crippen LogP contribution in [0.2, 0.25) is 0 Å². The van der Waals surface area contributed by atoms with E-state index in [0.717, 1.165) is 16.6 Å². The van der Waals surface area contributed by atoms with Crippen LogP contribution in [0.4, 0.5) is 0 Å². The van der Waals surface area contributed by atoms with Crippen molar-refractivity contribution in [3.63, 3.8) is 0 Å². The Morgan fingerprint density at radius 1 is 0.302 bits per heavy atom. The van der Waals surface area contributed by atoms with Gasteiger partial charge in [0.05, 0.1) is 0 Å². The predicted octanol–water partition coefficient (Wildman–Crippen LogP) is 12.0. The molecule has 1 nitrogen and oxygen atoms in total. The van der Waals surface area contributed by atoms with Crippen LogP contribution in [0.1, 0.15) is 0 Å². The van der Waals surface area contributed by atoms with Crippen molar-refractivity contribution in [2.75, 3.05) is 0 Å². The van der Waals surface area contributed by atoms with Crippen molar-refractivity contribution in [2.45, 2.75) is 0 Å². The number of hydrogen-bond acceptors (Lipinski definition) is 1. The normalized spacial score (nSPS) is 12.2. The SMILES string of the molecule is c1cc2c3c(cccc3c1)-c1cc(-c3cccc4oc5ccc(-c6ccc7ccc8ccccc8c7c6)cc5c34)ccc1-2. The van der Waals surface area contributed by atoms with Crippen molar-refractivity contribution < 1.29 is 4.42 Å². The molecule has 1 aliphatic rings. The van der Waals surface area contributed by atoms with Gasteiger partial charge in [0.15, 0.2) is 0 Å². The van der Waals surface area contributed by atoms with Crippen LogP contribution in [0, 0.1) is 0 Å². The molecular formula is C42H24O. The van der Waals surface area contributed by atoms with Gasteiger partial charge in [0.1, 0.15) is 11.2 Å². The maximum Gasteiger partial charge on any atom is 0.136 e. The standard InChI is InChI=1S/C42H24O/c1-2-9-31-25(6-1)14-15-26-16-17-28(22-36(26)31)29-19-21-39-38(23-29)42-32(10-5-13-40(42)43-39)30-18-20-33-34-11-3-7-27-8-4-12-35(41(27)34)37(33)24-30/h1-24H. The minimum Gasteiger partial charge on any atom is -0.456 e. The molecule has 0 bridgehead atoms. The molecule has 198 valence electrons. The van der Waals surface area contributed by atoms with E-state index >= 15 is 0 Å². The van der Waals surface area contributed by atoms with Crippen LogP contribution in [-0.2, 0) is 0 Å². The van der Waals surface area contributed by atoms with Crippen molar-refractivity contribution in [1.82, 2.24) is 0 Å². The van der Waals surface area contributed by atoms with Gasteiger partial charge in [-0.1, -0.05) is 115 Å². The minimum atomic E-state index is 0.913. The number of furan rings is 1. The Bertz CT molecular complexity index is 2610. The molecule has 0 fully saturated rings. The first-order valence-electron chi connectivity index (χ1n) is 14.8. The molecule has 9 aromatic rings. The van der Waals surface area contributed by atoms with Crippen molar-refractivity contribution in [3.05, 3.63) is 146 Å². The van der Waals surface area contributed by atoms with Gasteiger partial charge in [-0.3, -0.25) is 0 Å². The van der Waals surface area contributed by atoms with Gasteiger partial charge in [-0.2, -0.15) is 0 Å². The van der Waals surface area contributed by atoms with Crippen LogP contribution >= 0.6 is 0 Å². The van der Waals surface area contributed by atoms with Crippen LogP contribution in [-0.4, -0.2) is 0 Å². The van der Waals surface area contributed by atoms with Crippen LogP contribution in [0.15, 0.2) is 150 Å². The Morgan fingerprint density at radius 3 is 1.84 bits per heavy atom.